The summed E-state index contributed by atoms with van der Waals surface area (Å²) in [6.45, 7) is 3.83. The van der Waals surface area contributed by atoms with Crippen molar-refractivity contribution < 1.29 is 24.5 Å². The van der Waals surface area contributed by atoms with Crippen molar-refractivity contribution in [2.45, 2.75) is 19.4 Å². The molecule has 3 N–H and O–H groups in total. The van der Waals surface area contributed by atoms with Crippen LogP contribution >= 0.6 is 0 Å². The van der Waals surface area contributed by atoms with Crippen LogP contribution in [0.5, 0.6) is 11.5 Å². The molecule has 0 saturated carbocycles. The van der Waals surface area contributed by atoms with E-state index in [1.54, 1.807) is 25.6 Å². The Morgan fingerprint density at radius 3 is 2.30 bits per heavy atom. The molecule has 0 spiro atoms. The normalized spacial score (nSPS) is 11.2. The molecule has 158 valence electrons. The first-order valence-electron chi connectivity index (χ1n) is 9.45. The number of aliphatic hydroxyl groups is 1. The van der Waals surface area contributed by atoms with Crippen LogP contribution in [-0.2, 0) is 5.60 Å². The summed E-state index contributed by atoms with van der Waals surface area (Å²) in [4.78, 5) is 10.5. The fraction of sp³-hybridized carbons (Fsp3) is 0.273. The summed E-state index contributed by atoms with van der Waals surface area (Å²) in [5, 5.41) is 25.9. The van der Waals surface area contributed by atoms with Crippen LogP contribution in [0, 0.1) is 0 Å². The van der Waals surface area contributed by atoms with Gasteiger partial charge in [-0.05, 0) is 68.4 Å². The highest BCUT2D eigenvalue weighted by molar-refractivity contribution is 5.64. The van der Waals surface area contributed by atoms with E-state index in [0.29, 0.717) is 11.4 Å². The maximum Gasteiger partial charge on any atom is 0.404 e. The van der Waals surface area contributed by atoms with E-state index >= 15 is 0 Å². The first-order chi connectivity index (χ1) is 14.3. The van der Waals surface area contributed by atoms with Crippen LogP contribution in [0.2, 0.25) is 0 Å². The Labute approximate surface area is 174 Å². The summed E-state index contributed by atoms with van der Waals surface area (Å²) >= 11 is 0. The molecule has 0 aliphatic carbocycles. The number of methoxy groups -OCH3 is 1. The lowest BCUT2D eigenvalue weighted by molar-refractivity contribution is 0.0734. The van der Waals surface area contributed by atoms with E-state index in [1.165, 1.54) is 0 Å². The average Bonchev–Trinajstić information content (AvgIpc) is 3.17. The monoisotopic (exact) mass is 411 g/mol. The van der Waals surface area contributed by atoms with Crippen molar-refractivity contribution >= 4 is 6.09 Å². The number of benzene rings is 2. The third-order valence-electron chi connectivity index (χ3n) is 4.45. The second kappa shape index (κ2) is 8.87. The minimum absolute atomic E-state index is 0.205. The quantitative estimate of drug-likeness (QED) is 0.491. The zero-order valence-electron chi connectivity index (χ0n) is 17.1. The van der Waals surface area contributed by atoms with Gasteiger partial charge >= 0.3 is 6.09 Å². The van der Waals surface area contributed by atoms with Gasteiger partial charge in [-0.1, -0.05) is 0 Å². The SMILES string of the molecule is COc1ccc(-n2nc(C(C)(C)O)cc2-c2ccc(OCCNC(=O)O)cc2)cc1. The highest BCUT2D eigenvalue weighted by Crippen LogP contribution is 2.30. The molecule has 3 aromatic rings. The Kier molecular flexibility index (Phi) is 6.27. The van der Waals surface area contributed by atoms with Crippen LogP contribution in [0.15, 0.2) is 54.6 Å². The summed E-state index contributed by atoms with van der Waals surface area (Å²) < 4.78 is 12.5. The van der Waals surface area contributed by atoms with Crippen molar-refractivity contribution in [1.82, 2.24) is 15.1 Å². The van der Waals surface area contributed by atoms with Gasteiger partial charge in [-0.25, -0.2) is 9.48 Å². The zero-order chi connectivity index (χ0) is 21.7. The fourth-order valence-corrected chi connectivity index (χ4v) is 2.85. The highest BCUT2D eigenvalue weighted by Gasteiger charge is 2.23. The molecule has 1 aromatic heterocycles. The summed E-state index contributed by atoms with van der Waals surface area (Å²) in [6, 6.07) is 16.8. The molecule has 30 heavy (non-hydrogen) atoms. The second-order valence-electron chi connectivity index (χ2n) is 7.19. The van der Waals surface area contributed by atoms with Gasteiger partial charge in [-0.2, -0.15) is 5.10 Å². The van der Waals surface area contributed by atoms with Gasteiger partial charge in [0, 0.05) is 5.56 Å². The molecule has 3 rings (SSSR count). The number of amides is 1. The van der Waals surface area contributed by atoms with E-state index in [4.69, 9.17) is 14.6 Å². The Morgan fingerprint density at radius 1 is 1.10 bits per heavy atom. The van der Waals surface area contributed by atoms with E-state index in [9.17, 15) is 9.90 Å². The lowest BCUT2D eigenvalue weighted by Gasteiger charge is -2.13. The first-order valence-corrected chi connectivity index (χ1v) is 9.45. The number of nitrogens with zero attached hydrogens (tertiary/aromatic N) is 2. The predicted octanol–water partition coefficient (Wildman–Crippen LogP) is 3.42. The third kappa shape index (κ3) is 5.09. The number of ether oxygens (including phenoxy) is 2. The van der Waals surface area contributed by atoms with Crippen LogP contribution in [0.25, 0.3) is 16.9 Å². The maximum atomic E-state index is 10.5. The van der Waals surface area contributed by atoms with Crippen molar-refractivity contribution in [3.8, 4) is 28.4 Å². The second-order valence-corrected chi connectivity index (χ2v) is 7.19. The summed E-state index contributed by atoms with van der Waals surface area (Å²) in [6.07, 6.45) is -1.08. The molecule has 0 fully saturated rings. The molecule has 2 aromatic carbocycles. The van der Waals surface area contributed by atoms with Gasteiger partial charge in [-0.3, -0.25) is 0 Å². The summed E-state index contributed by atoms with van der Waals surface area (Å²) in [5.74, 6) is 1.37. The minimum Gasteiger partial charge on any atom is -0.497 e. The van der Waals surface area contributed by atoms with Crippen molar-refractivity contribution in [2.75, 3.05) is 20.3 Å². The number of nitrogens with one attached hydrogen (secondary N) is 1. The average molecular weight is 411 g/mol. The highest BCUT2D eigenvalue weighted by atomic mass is 16.5. The van der Waals surface area contributed by atoms with Crippen LogP contribution in [0.1, 0.15) is 19.5 Å². The molecule has 0 saturated heterocycles. The van der Waals surface area contributed by atoms with E-state index in [-0.39, 0.29) is 13.2 Å². The molecule has 1 amide bonds. The Bertz CT molecular complexity index is 989. The van der Waals surface area contributed by atoms with Crippen LogP contribution in [0.3, 0.4) is 0 Å². The molecule has 0 radical (unpaired) electrons. The maximum absolute atomic E-state index is 10.5. The summed E-state index contributed by atoms with van der Waals surface area (Å²) in [7, 11) is 1.61. The van der Waals surface area contributed by atoms with Gasteiger partial charge in [0.15, 0.2) is 0 Å². The third-order valence-corrected chi connectivity index (χ3v) is 4.45. The van der Waals surface area contributed by atoms with Crippen LogP contribution in [0.4, 0.5) is 4.79 Å². The molecule has 1 heterocycles. The van der Waals surface area contributed by atoms with Crippen molar-refractivity contribution in [3.63, 3.8) is 0 Å². The van der Waals surface area contributed by atoms with Gasteiger partial charge in [0.25, 0.3) is 0 Å². The molecular formula is C22H25N3O5. The molecule has 0 atom stereocenters. The lowest BCUT2D eigenvalue weighted by atomic mass is 10.0. The molecule has 0 bridgehead atoms. The molecule has 0 unspecified atom stereocenters. The van der Waals surface area contributed by atoms with Gasteiger partial charge in [0.2, 0.25) is 0 Å². The van der Waals surface area contributed by atoms with E-state index in [2.05, 4.69) is 10.4 Å². The van der Waals surface area contributed by atoms with E-state index < -0.39 is 11.7 Å². The molecule has 0 aliphatic heterocycles. The molecule has 8 nitrogen and oxygen atoms in total. The van der Waals surface area contributed by atoms with Crippen LogP contribution in [-0.4, -0.2) is 46.3 Å². The smallest absolute Gasteiger partial charge is 0.404 e. The Balaban J connectivity index is 1.88. The van der Waals surface area contributed by atoms with Crippen molar-refractivity contribution in [2.24, 2.45) is 0 Å². The Morgan fingerprint density at radius 2 is 1.73 bits per heavy atom. The Hall–Kier alpha value is -3.52. The van der Waals surface area contributed by atoms with Gasteiger partial charge in [-0.15, -0.1) is 0 Å². The lowest BCUT2D eigenvalue weighted by Crippen LogP contribution is -2.26. The fourth-order valence-electron chi connectivity index (χ4n) is 2.85. The topological polar surface area (TPSA) is 106 Å². The van der Waals surface area contributed by atoms with E-state index in [1.807, 2.05) is 54.6 Å². The first kappa shape index (κ1) is 21.2. The largest absolute Gasteiger partial charge is 0.497 e. The standard InChI is InChI=1S/C22H25N3O5/c1-22(2,28)20-14-19(25(24-20)16-6-10-17(29-3)11-7-16)15-4-8-18(9-5-15)30-13-12-23-21(26)27/h4-11,14,23,28H,12-13H2,1-3H3,(H,26,27). The van der Waals surface area contributed by atoms with Crippen molar-refractivity contribution in [3.05, 3.63) is 60.3 Å². The number of hydrogen-bond donors (Lipinski definition) is 3. The zero-order valence-corrected chi connectivity index (χ0v) is 17.1. The number of aromatic nitrogens is 2. The summed E-state index contributed by atoms with van der Waals surface area (Å²) in [5.41, 5.74) is 2.00. The molecular weight excluding hydrogens is 386 g/mol. The number of carbonyl (C=O) groups is 1. The van der Waals surface area contributed by atoms with Crippen molar-refractivity contribution in [1.29, 1.82) is 0 Å². The molecule has 8 heteroatoms. The van der Waals surface area contributed by atoms with Gasteiger partial charge in [0.1, 0.15) is 23.7 Å². The van der Waals surface area contributed by atoms with Gasteiger partial charge < -0.3 is 25.0 Å². The predicted molar refractivity (Wildman–Crippen MR) is 112 cm³/mol. The van der Waals surface area contributed by atoms with Crippen LogP contribution < -0.4 is 14.8 Å². The number of rotatable bonds is 8. The number of carboxylic acid groups (broad SMARTS) is 1. The van der Waals surface area contributed by atoms with Gasteiger partial charge in [0.05, 0.1) is 30.7 Å². The molecule has 0 aliphatic rings. The number of hydrogen-bond acceptors (Lipinski definition) is 5. The van der Waals surface area contributed by atoms with E-state index in [0.717, 1.165) is 22.7 Å². The minimum atomic E-state index is -1.09.